The Bertz CT molecular complexity index is 3210. The van der Waals surface area contributed by atoms with E-state index in [0.29, 0.717) is 5.84 Å². The predicted octanol–water partition coefficient (Wildman–Crippen LogP) is 12.4. The van der Waals surface area contributed by atoms with Crippen molar-refractivity contribution in [3.8, 4) is 11.1 Å². The van der Waals surface area contributed by atoms with Gasteiger partial charge in [0.1, 0.15) is 34.5 Å². The summed E-state index contributed by atoms with van der Waals surface area (Å²) in [6.07, 6.45) is 10.6. The van der Waals surface area contributed by atoms with Crippen LogP contribution in [0.15, 0.2) is 164 Å². The topological polar surface area (TPSA) is 68.0 Å². The number of benzene rings is 6. The van der Waals surface area contributed by atoms with Crippen LogP contribution in [-0.2, 0) is 12.8 Å². The van der Waals surface area contributed by atoms with E-state index in [1.165, 1.54) is 38.8 Å². The van der Waals surface area contributed by atoms with Crippen molar-refractivity contribution in [3.63, 3.8) is 0 Å². The Morgan fingerprint density at radius 2 is 1.44 bits per heavy atom. The lowest BCUT2D eigenvalue weighted by Gasteiger charge is -2.23. The molecule has 6 nitrogen and oxygen atoms in total. The molecular weight excluding hydrogens is 701 g/mol. The Hall–Kier alpha value is -7.18. The predicted molar refractivity (Wildman–Crippen MR) is 233 cm³/mol. The Morgan fingerprint density at radius 1 is 0.614 bits per heavy atom. The van der Waals surface area contributed by atoms with Gasteiger partial charge >= 0.3 is 0 Å². The molecule has 0 spiro atoms. The third kappa shape index (κ3) is 5.17. The van der Waals surface area contributed by atoms with Gasteiger partial charge in [0.15, 0.2) is 5.84 Å². The fourth-order valence-corrected chi connectivity index (χ4v) is 9.15. The van der Waals surface area contributed by atoms with Gasteiger partial charge in [0.2, 0.25) is 0 Å². The number of nitrogens with zero attached hydrogens (tertiary/aromatic N) is 3. The number of hydrogen-bond donors (Lipinski definition) is 1. The van der Waals surface area contributed by atoms with Gasteiger partial charge in [-0.2, -0.15) is 0 Å². The normalized spacial score (nSPS) is 16.4. The van der Waals surface area contributed by atoms with Crippen molar-refractivity contribution in [2.24, 2.45) is 9.98 Å². The van der Waals surface area contributed by atoms with Gasteiger partial charge in [0, 0.05) is 66.8 Å². The van der Waals surface area contributed by atoms with Gasteiger partial charge in [0.25, 0.3) is 0 Å². The van der Waals surface area contributed by atoms with Crippen molar-refractivity contribution in [2.75, 3.05) is 0 Å². The number of aromatic nitrogens is 1. The zero-order valence-corrected chi connectivity index (χ0v) is 31.1. The third-order valence-corrected chi connectivity index (χ3v) is 11.9. The van der Waals surface area contributed by atoms with E-state index < -0.39 is 0 Å². The van der Waals surface area contributed by atoms with Crippen molar-refractivity contribution in [2.45, 2.75) is 31.8 Å². The maximum atomic E-state index is 6.85. The molecule has 1 N–H and O–H groups in total. The minimum Gasteiger partial charge on any atom is -0.456 e. The lowest BCUT2D eigenvalue weighted by atomic mass is 9.95. The zero-order valence-electron chi connectivity index (χ0n) is 31.1. The average molecular weight is 737 g/mol. The average Bonchev–Trinajstić information content (AvgIpc) is 3.95. The first-order chi connectivity index (χ1) is 28.2. The molecule has 1 aliphatic heterocycles. The van der Waals surface area contributed by atoms with Gasteiger partial charge in [-0.25, -0.2) is 9.98 Å². The van der Waals surface area contributed by atoms with Crippen molar-refractivity contribution in [3.05, 3.63) is 185 Å². The lowest BCUT2D eigenvalue weighted by Crippen LogP contribution is -2.33. The molecule has 3 aromatic heterocycles. The summed E-state index contributed by atoms with van der Waals surface area (Å²) in [6, 6.07) is 48.6. The molecule has 0 saturated carbocycles. The molecule has 6 aromatic carbocycles. The van der Waals surface area contributed by atoms with E-state index in [1.807, 2.05) is 36.4 Å². The summed E-state index contributed by atoms with van der Waals surface area (Å²) in [5.41, 5.74) is 14.4. The number of aryl methyl sites for hydroxylation is 2. The van der Waals surface area contributed by atoms with Gasteiger partial charge in [-0.15, -0.1) is 0 Å². The SMILES string of the molecule is C1=Cc2c(c3ccccc3n2C2=Cc3oc4c(-c5ccc6oc7cc(C8N=C(c9ccccc9)N=C(c9ccccc9)N8)ccc7c6c5)cccc4c3CC2)CC1. The molecule has 6 heteroatoms. The first kappa shape index (κ1) is 32.1. The van der Waals surface area contributed by atoms with E-state index in [2.05, 4.69) is 131 Å². The number of hydrogen-bond acceptors (Lipinski definition) is 5. The van der Waals surface area contributed by atoms with Crippen LogP contribution in [-0.4, -0.2) is 16.2 Å². The number of fused-ring (bicyclic) bond motifs is 9. The maximum absolute atomic E-state index is 6.85. The summed E-state index contributed by atoms with van der Waals surface area (Å²) in [7, 11) is 0. The molecule has 0 radical (unpaired) electrons. The summed E-state index contributed by atoms with van der Waals surface area (Å²) in [4.78, 5) is 10.0. The number of para-hydroxylation sites is 2. The molecular formula is C51H36N4O2. The quantitative estimate of drug-likeness (QED) is 0.191. The van der Waals surface area contributed by atoms with Crippen molar-refractivity contribution >= 4 is 73.3 Å². The second kappa shape index (κ2) is 12.7. The van der Waals surface area contributed by atoms with Gasteiger partial charge < -0.3 is 18.7 Å². The van der Waals surface area contributed by atoms with Gasteiger partial charge in [0.05, 0.1) is 5.52 Å². The first-order valence-electron chi connectivity index (χ1n) is 19.8. The van der Waals surface area contributed by atoms with E-state index in [-0.39, 0.29) is 6.17 Å². The van der Waals surface area contributed by atoms with Crippen LogP contribution in [0.2, 0.25) is 0 Å². The van der Waals surface area contributed by atoms with Crippen LogP contribution in [0, 0.1) is 0 Å². The highest BCUT2D eigenvalue weighted by atomic mass is 16.3. The van der Waals surface area contributed by atoms with Crippen LogP contribution in [0.1, 0.15) is 58.3 Å². The first-order valence-corrected chi connectivity index (χ1v) is 19.8. The van der Waals surface area contributed by atoms with Crippen LogP contribution in [0.4, 0.5) is 0 Å². The van der Waals surface area contributed by atoms with Crippen LogP contribution in [0.5, 0.6) is 0 Å². The number of nitrogens with one attached hydrogen (secondary N) is 1. The monoisotopic (exact) mass is 736 g/mol. The van der Waals surface area contributed by atoms with E-state index in [1.54, 1.807) is 0 Å². The highest BCUT2D eigenvalue weighted by Crippen LogP contribution is 2.43. The van der Waals surface area contributed by atoms with Crippen LogP contribution >= 0.6 is 0 Å². The molecule has 0 bridgehead atoms. The Balaban J connectivity index is 0.916. The molecule has 9 aromatic rings. The van der Waals surface area contributed by atoms with Gasteiger partial charge in [-0.05, 0) is 67.2 Å². The smallest absolute Gasteiger partial charge is 0.159 e. The van der Waals surface area contributed by atoms with Crippen LogP contribution < -0.4 is 5.32 Å². The van der Waals surface area contributed by atoms with Crippen molar-refractivity contribution in [1.29, 1.82) is 0 Å². The minimum atomic E-state index is -0.337. The number of amidine groups is 2. The number of aliphatic imine (C=N–C) groups is 2. The lowest BCUT2D eigenvalue weighted by molar-refractivity contribution is 0.596. The summed E-state index contributed by atoms with van der Waals surface area (Å²) in [5, 5.41) is 8.26. The van der Waals surface area contributed by atoms with Crippen molar-refractivity contribution in [1.82, 2.24) is 9.88 Å². The second-order valence-corrected chi connectivity index (χ2v) is 15.2. The summed E-state index contributed by atoms with van der Waals surface area (Å²) in [5.74, 6) is 2.45. The fourth-order valence-electron chi connectivity index (χ4n) is 9.15. The van der Waals surface area contributed by atoms with Crippen LogP contribution in [0.3, 0.4) is 0 Å². The summed E-state index contributed by atoms with van der Waals surface area (Å²) < 4.78 is 15.8. The summed E-state index contributed by atoms with van der Waals surface area (Å²) >= 11 is 0. The molecule has 272 valence electrons. The Morgan fingerprint density at radius 3 is 2.33 bits per heavy atom. The molecule has 1 unspecified atom stereocenters. The molecule has 2 aliphatic carbocycles. The molecule has 3 aliphatic rings. The second-order valence-electron chi connectivity index (χ2n) is 15.2. The molecule has 4 heterocycles. The molecule has 0 saturated heterocycles. The highest BCUT2D eigenvalue weighted by molar-refractivity contribution is 6.13. The van der Waals surface area contributed by atoms with Crippen LogP contribution in [0.25, 0.3) is 72.8 Å². The van der Waals surface area contributed by atoms with Crippen molar-refractivity contribution < 1.29 is 8.83 Å². The number of furan rings is 2. The Labute approximate surface area is 328 Å². The molecule has 0 fully saturated rings. The standard InChI is InChI=1S/C51H36N4O2/c1-3-12-31(13-4-1)49-52-50(32-14-5-2-6-15-32)54-51(53-49)34-22-25-40-42-28-33(23-27-45(42)56-46(40)29-34)36-18-11-19-41-39-26-24-35(30-47(39)57-48(36)41)55-43-20-9-7-16-37(43)38-17-8-10-21-44(38)55/h1-7,9-16,18-23,25,27-30,51H,8,17,24,26H2,(H,52,53,54). The fraction of sp³-hybridized carbons (Fsp3) is 0.0980. The van der Waals surface area contributed by atoms with E-state index >= 15 is 0 Å². The molecule has 1 atom stereocenters. The molecule has 57 heavy (non-hydrogen) atoms. The minimum absolute atomic E-state index is 0.337. The summed E-state index contributed by atoms with van der Waals surface area (Å²) in [6.45, 7) is 0. The third-order valence-electron chi connectivity index (χ3n) is 11.9. The van der Waals surface area contributed by atoms with Gasteiger partial charge in [-0.3, -0.25) is 0 Å². The number of rotatable bonds is 5. The van der Waals surface area contributed by atoms with E-state index in [9.17, 15) is 0 Å². The Kier molecular flexibility index (Phi) is 7.14. The largest absolute Gasteiger partial charge is 0.456 e. The zero-order chi connectivity index (χ0) is 37.5. The van der Waals surface area contributed by atoms with E-state index in [4.69, 9.17) is 18.8 Å². The number of allylic oxidation sites excluding steroid dienone is 2. The van der Waals surface area contributed by atoms with E-state index in [0.717, 1.165) is 92.6 Å². The molecule has 0 amide bonds. The molecule has 12 rings (SSSR count). The highest BCUT2D eigenvalue weighted by Gasteiger charge is 2.26. The maximum Gasteiger partial charge on any atom is 0.159 e. The van der Waals surface area contributed by atoms with Gasteiger partial charge in [-0.1, -0.05) is 121 Å².